The van der Waals surface area contributed by atoms with E-state index in [0.29, 0.717) is 0 Å². The number of rotatable bonds is 3. The average Bonchev–Trinajstić information content (AvgIpc) is 2.17. The van der Waals surface area contributed by atoms with Crippen molar-refractivity contribution < 1.29 is 5.11 Å². The Morgan fingerprint density at radius 1 is 1.67 bits per heavy atom. The Morgan fingerprint density at radius 3 is 2.92 bits per heavy atom. The van der Waals surface area contributed by atoms with E-state index in [9.17, 15) is 0 Å². The predicted octanol–water partition coefficient (Wildman–Crippen LogP) is 0.294. The topological polar surface area (TPSA) is 49.2 Å². The number of aromatic nitrogens is 2. The number of nitrogens with zero attached hydrogens (tertiary/aromatic N) is 3. The van der Waals surface area contributed by atoms with Crippen LogP contribution in [0.3, 0.4) is 0 Å². The highest BCUT2D eigenvalue weighted by Crippen LogP contribution is 2.08. The van der Waals surface area contributed by atoms with Gasteiger partial charge in [-0.05, 0) is 19.1 Å². The first-order chi connectivity index (χ1) is 5.75. The lowest BCUT2D eigenvalue weighted by Crippen LogP contribution is -2.32. The van der Waals surface area contributed by atoms with Gasteiger partial charge in [-0.15, -0.1) is 5.10 Å². The van der Waals surface area contributed by atoms with Crippen molar-refractivity contribution in [2.45, 2.75) is 13.0 Å². The van der Waals surface area contributed by atoms with Crippen molar-refractivity contribution in [1.82, 2.24) is 10.2 Å². The second kappa shape index (κ2) is 4.01. The number of aliphatic hydroxyl groups is 1. The van der Waals surface area contributed by atoms with E-state index in [0.717, 1.165) is 5.82 Å². The highest BCUT2D eigenvalue weighted by Gasteiger charge is 2.08. The summed E-state index contributed by atoms with van der Waals surface area (Å²) in [7, 11) is 1.88. The molecule has 1 aromatic rings. The number of hydrogen-bond acceptors (Lipinski definition) is 4. The summed E-state index contributed by atoms with van der Waals surface area (Å²) in [4.78, 5) is 1.88. The minimum atomic E-state index is 0.0710. The summed E-state index contributed by atoms with van der Waals surface area (Å²) in [5, 5.41) is 16.5. The maximum Gasteiger partial charge on any atom is 0.151 e. The van der Waals surface area contributed by atoms with Crippen LogP contribution in [0.2, 0.25) is 0 Å². The van der Waals surface area contributed by atoms with Gasteiger partial charge in [0.05, 0.1) is 12.6 Å². The van der Waals surface area contributed by atoms with Gasteiger partial charge in [0.1, 0.15) is 0 Å². The summed E-state index contributed by atoms with van der Waals surface area (Å²) in [6.45, 7) is 2.04. The standard InChI is InChI=1S/C8H13N3O/c1-7(6-12)11(2)8-4-3-5-9-10-8/h3-5,7,12H,6H2,1-2H3. The van der Waals surface area contributed by atoms with Gasteiger partial charge in [-0.3, -0.25) is 0 Å². The van der Waals surface area contributed by atoms with E-state index in [4.69, 9.17) is 5.11 Å². The molecule has 1 aromatic heterocycles. The minimum Gasteiger partial charge on any atom is -0.394 e. The largest absolute Gasteiger partial charge is 0.394 e. The maximum atomic E-state index is 8.88. The first-order valence-electron chi connectivity index (χ1n) is 3.87. The monoisotopic (exact) mass is 167 g/mol. The van der Waals surface area contributed by atoms with Gasteiger partial charge in [-0.25, -0.2) is 0 Å². The molecule has 0 amide bonds. The third-order valence-electron chi connectivity index (χ3n) is 1.84. The molecule has 0 aliphatic carbocycles. The van der Waals surface area contributed by atoms with Crippen LogP contribution < -0.4 is 4.90 Å². The highest BCUT2D eigenvalue weighted by molar-refractivity contribution is 5.36. The van der Waals surface area contributed by atoms with E-state index in [2.05, 4.69) is 10.2 Å². The second-order valence-electron chi connectivity index (χ2n) is 2.72. The van der Waals surface area contributed by atoms with Crippen molar-refractivity contribution in [3.05, 3.63) is 18.3 Å². The van der Waals surface area contributed by atoms with Crippen LogP contribution in [0.25, 0.3) is 0 Å². The van der Waals surface area contributed by atoms with Crippen molar-refractivity contribution in [2.75, 3.05) is 18.6 Å². The van der Waals surface area contributed by atoms with Crippen LogP contribution in [0.1, 0.15) is 6.92 Å². The molecule has 0 aliphatic rings. The smallest absolute Gasteiger partial charge is 0.151 e. The zero-order valence-electron chi connectivity index (χ0n) is 7.31. The van der Waals surface area contributed by atoms with E-state index in [-0.39, 0.29) is 12.6 Å². The third kappa shape index (κ3) is 1.92. The molecule has 1 atom stereocenters. The van der Waals surface area contributed by atoms with Gasteiger partial charge in [-0.1, -0.05) is 0 Å². The van der Waals surface area contributed by atoms with Gasteiger partial charge < -0.3 is 10.0 Å². The van der Waals surface area contributed by atoms with Crippen LogP contribution in [0.15, 0.2) is 18.3 Å². The number of aliphatic hydroxyl groups excluding tert-OH is 1. The summed E-state index contributed by atoms with van der Waals surface area (Å²) < 4.78 is 0. The minimum absolute atomic E-state index is 0.0710. The molecule has 0 radical (unpaired) electrons. The van der Waals surface area contributed by atoms with Crippen LogP contribution in [-0.2, 0) is 0 Å². The summed E-state index contributed by atoms with van der Waals surface area (Å²) >= 11 is 0. The molecule has 1 rings (SSSR count). The molecule has 0 saturated heterocycles. The van der Waals surface area contributed by atoms with E-state index in [1.165, 1.54) is 0 Å². The second-order valence-corrected chi connectivity index (χ2v) is 2.72. The van der Waals surface area contributed by atoms with E-state index in [1.54, 1.807) is 6.20 Å². The summed E-state index contributed by atoms with van der Waals surface area (Å²) in [6, 6.07) is 3.75. The molecule has 0 saturated carbocycles. The molecule has 4 heteroatoms. The Bertz CT molecular complexity index is 227. The van der Waals surface area contributed by atoms with Gasteiger partial charge in [-0.2, -0.15) is 5.10 Å². The molecule has 0 fully saturated rings. The number of hydrogen-bond donors (Lipinski definition) is 1. The van der Waals surface area contributed by atoms with Crippen molar-refractivity contribution in [3.8, 4) is 0 Å². The van der Waals surface area contributed by atoms with Crippen molar-refractivity contribution >= 4 is 5.82 Å². The zero-order valence-corrected chi connectivity index (χ0v) is 7.31. The first kappa shape index (κ1) is 8.93. The molecule has 0 aliphatic heterocycles. The Morgan fingerprint density at radius 2 is 2.42 bits per heavy atom. The van der Waals surface area contributed by atoms with Crippen LogP contribution in [0, 0.1) is 0 Å². The molecule has 1 heterocycles. The Balaban J connectivity index is 2.71. The molecule has 12 heavy (non-hydrogen) atoms. The lowest BCUT2D eigenvalue weighted by atomic mass is 10.3. The summed E-state index contributed by atoms with van der Waals surface area (Å²) in [5.41, 5.74) is 0. The molecule has 0 aromatic carbocycles. The van der Waals surface area contributed by atoms with Crippen LogP contribution in [0.5, 0.6) is 0 Å². The van der Waals surface area contributed by atoms with E-state index in [1.807, 2.05) is 31.0 Å². The Hall–Kier alpha value is -1.16. The molecule has 0 spiro atoms. The highest BCUT2D eigenvalue weighted by atomic mass is 16.3. The number of likely N-dealkylation sites (N-methyl/N-ethyl adjacent to an activating group) is 1. The lowest BCUT2D eigenvalue weighted by molar-refractivity contribution is 0.269. The quantitative estimate of drug-likeness (QED) is 0.703. The average molecular weight is 167 g/mol. The van der Waals surface area contributed by atoms with Gasteiger partial charge >= 0.3 is 0 Å². The molecule has 4 nitrogen and oxygen atoms in total. The van der Waals surface area contributed by atoms with Gasteiger partial charge in [0.25, 0.3) is 0 Å². The maximum absolute atomic E-state index is 8.88. The predicted molar refractivity (Wildman–Crippen MR) is 47.0 cm³/mol. The Labute approximate surface area is 71.9 Å². The molecule has 66 valence electrons. The molecular weight excluding hydrogens is 154 g/mol. The number of anilines is 1. The zero-order chi connectivity index (χ0) is 8.97. The van der Waals surface area contributed by atoms with Crippen molar-refractivity contribution in [1.29, 1.82) is 0 Å². The van der Waals surface area contributed by atoms with Crippen LogP contribution in [0.4, 0.5) is 5.82 Å². The van der Waals surface area contributed by atoms with Crippen molar-refractivity contribution in [2.24, 2.45) is 0 Å². The van der Waals surface area contributed by atoms with Crippen LogP contribution in [-0.4, -0.2) is 35.0 Å². The third-order valence-corrected chi connectivity index (χ3v) is 1.84. The van der Waals surface area contributed by atoms with Gasteiger partial charge in [0, 0.05) is 13.2 Å². The summed E-state index contributed by atoms with van der Waals surface area (Å²) in [5.74, 6) is 0.777. The Kier molecular flexibility index (Phi) is 2.99. The molecule has 0 bridgehead atoms. The molecular formula is C8H13N3O. The van der Waals surface area contributed by atoms with E-state index < -0.39 is 0 Å². The lowest BCUT2D eigenvalue weighted by Gasteiger charge is -2.23. The van der Waals surface area contributed by atoms with Gasteiger partial charge in [0.2, 0.25) is 0 Å². The van der Waals surface area contributed by atoms with Crippen molar-refractivity contribution in [3.63, 3.8) is 0 Å². The fraction of sp³-hybridized carbons (Fsp3) is 0.500. The first-order valence-corrected chi connectivity index (χ1v) is 3.87. The summed E-state index contributed by atoms with van der Waals surface area (Å²) in [6.07, 6.45) is 1.63. The van der Waals surface area contributed by atoms with E-state index >= 15 is 0 Å². The van der Waals surface area contributed by atoms with Crippen LogP contribution >= 0.6 is 0 Å². The molecule has 1 N–H and O–H groups in total. The van der Waals surface area contributed by atoms with Gasteiger partial charge in [0.15, 0.2) is 5.82 Å². The molecule has 1 unspecified atom stereocenters. The SMILES string of the molecule is CC(CO)N(C)c1cccnn1. The normalized spacial score (nSPS) is 12.6. The fourth-order valence-electron chi connectivity index (χ4n) is 0.830. The fourth-order valence-corrected chi connectivity index (χ4v) is 0.830.